The van der Waals surface area contributed by atoms with Crippen LogP contribution < -0.4 is 0 Å². The van der Waals surface area contributed by atoms with Gasteiger partial charge in [0.05, 0.1) is 0 Å². The van der Waals surface area contributed by atoms with Crippen molar-refractivity contribution in [1.82, 2.24) is 0 Å². The first-order valence-corrected chi connectivity index (χ1v) is 6.64. The van der Waals surface area contributed by atoms with Crippen LogP contribution in [0, 0.1) is 18.3 Å². The van der Waals surface area contributed by atoms with Crippen LogP contribution in [0.3, 0.4) is 0 Å². The number of hydrogen-bond donors (Lipinski definition) is 0. The molecule has 1 aliphatic carbocycles. The average molecular weight is 238 g/mol. The average Bonchev–Trinajstić information content (AvgIpc) is 2.34. The van der Waals surface area contributed by atoms with E-state index in [9.17, 15) is 0 Å². The molecule has 0 heterocycles. The van der Waals surface area contributed by atoms with Gasteiger partial charge in [-0.05, 0) is 36.0 Å². The van der Waals surface area contributed by atoms with Gasteiger partial charge in [-0.3, -0.25) is 0 Å². The minimum absolute atomic E-state index is 0.179. The highest BCUT2D eigenvalue weighted by Crippen LogP contribution is 2.42. The minimum atomic E-state index is 0.179. The van der Waals surface area contributed by atoms with E-state index in [0.29, 0.717) is 5.92 Å². The van der Waals surface area contributed by atoms with E-state index in [-0.39, 0.29) is 5.41 Å². The van der Waals surface area contributed by atoms with E-state index in [1.807, 2.05) is 0 Å². The largest absolute Gasteiger partial charge is 0.0832 e. The number of benzene rings is 1. The molecule has 0 aromatic heterocycles. The van der Waals surface area contributed by atoms with E-state index >= 15 is 0 Å². The van der Waals surface area contributed by atoms with E-state index < -0.39 is 0 Å². The summed E-state index contributed by atoms with van der Waals surface area (Å²) in [6.45, 7) is 8.94. The summed E-state index contributed by atoms with van der Waals surface area (Å²) in [6, 6.07) is 8.65. The Morgan fingerprint density at radius 2 is 1.89 bits per heavy atom. The summed E-state index contributed by atoms with van der Waals surface area (Å²) < 4.78 is 0. The summed E-state index contributed by atoms with van der Waals surface area (Å²) in [6.07, 6.45) is 11.2. The Bertz CT molecular complexity index is 513. The van der Waals surface area contributed by atoms with Crippen LogP contribution >= 0.6 is 0 Å². The van der Waals surface area contributed by atoms with Crippen molar-refractivity contribution < 1.29 is 0 Å². The van der Waals surface area contributed by atoms with Gasteiger partial charge in [-0.2, -0.15) is 0 Å². The summed E-state index contributed by atoms with van der Waals surface area (Å²) in [5.74, 6) is 0.452. The smallest absolute Gasteiger partial charge is 0.0110 e. The van der Waals surface area contributed by atoms with Crippen molar-refractivity contribution in [3.8, 4) is 0 Å². The first-order chi connectivity index (χ1) is 8.56. The maximum atomic E-state index is 2.32. The molecule has 0 aliphatic heterocycles. The highest BCUT2D eigenvalue weighted by molar-refractivity contribution is 5.72. The topological polar surface area (TPSA) is 0 Å². The summed E-state index contributed by atoms with van der Waals surface area (Å²) >= 11 is 0. The standard InChI is InChI=1S/C18H22/c1-5-15(16-11-7-6-10-14(16)2)17-12-8-9-13-18(17,3)4/h5-13,17H,1-4H3. The van der Waals surface area contributed by atoms with E-state index in [1.165, 1.54) is 16.7 Å². The normalized spacial score (nSPS) is 22.2. The Morgan fingerprint density at radius 1 is 1.17 bits per heavy atom. The second-order valence-corrected chi connectivity index (χ2v) is 5.60. The van der Waals surface area contributed by atoms with Gasteiger partial charge in [-0.1, -0.05) is 68.5 Å². The second-order valence-electron chi connectivity index (χ2n) is 5.60. The van der Waals surface area contributed by atoms with Gasteiger partial charge >= 0.3 is 0 Å². The van der Waals surface area contributed by atoms with Crippen LogP contribution in [0.2, 0.25) is 0 Å². The van der Waals surface area contributed by atoms with E-state index in [0.717, 1.165) is 0 Å². The fourth-order valence-electron chi connectivity index (χ4n) is 2.73. The van der Waals surface area contributed by atoms with Crippen LogP contribution in [-0.2, 0) is 0 Å². The molecule has 0 saturated heterocycles. The zero-order chi connectivity index (χ0) is 13.2. The van der Waals surface area contributed by atoms with Crippen molar-refractivity contribution in [3.05, 3.63) is 65.8 Å². The first kappa shape index (κ1) is 12.9. The molecule has 0 fully saturated rings. The molecule has 1 aromatic rings. The lowest BCUT2D eigenvalue weighted by atomic mass is 9.70. The molecular formula is C18H22. The van der Waals surface area contributed by atoms with E-state index in [2.05, 4.69) is 82.3 Å². The fourth-order valence-corrected chi connectivity index (χ4v) is 2.73. The molecule has 1 unspecified atom stereocenters. The first-order valence-electron chi connectivity index (χ1n) is 6.64. The van der Waals surface area contributed by atoms with Gasteiger partial charge in [-0.25, -0.2) is 0 Å². The van der Waals surface area contributed by atoms with Gasteiger partial charge < -0.3 is 0 Å². The third-order valence-electron chi connectivity index (χ3n) is 3.84. The fraction of sp³-hybridized carbons (Fsp3) is 0.333. The van der Waals surface area contributed by atoms with E-state index in [1.54, 1.807) is 0 Å². The van der Waals surface area contributed by atoms with E-state index in [4.69, 9.17) is 0 Å². The highest BCUT2D eigenvalue weighted by atomic mass is 14.3. The number of allylic oxidation sites excluding steroid dienone is 6. The lowest BCUT2D eigenvalue weighted by Crippen LogP contribution is -2.23. The van der Waals surface area contributed by atoms with Crippen molar-refractivity contribution in [3.63, 3.8) is 0 Å². The van der Waals surface area contributed by atoms with Gasteiger partial charge in [0.25, 0.3) is 0 Å². The third kappa shape index (κ3) is 2.33. The Balaban J connectivity index is 2.46. The van der Waals surface area contributed by atoms with Crippen LogP contribution in [-0.4, -0.2) is 0 Å². The zero-order valence-electron chi connectivity index (χ0n) is 11.8. The molecule has 1 aliphatic rings. The molecule has 0 nitrogen and oxygen atoms in total. The Kier molecular flexibility index (Phi) is 3.56. The van der Waals surface area contributed by atoms with Crippen LogP contribution in [0.15, 0.2) is 54.6 Å². The summed E-state index contributed by atoms with van der Waals surface area (Å²) in [5, 5.41) is 0. The van der Waals surface area contributed by atoms with Crippen molar-refractivity contribution in [2.45, 2.75) is 27.7 Å². The Hall–Kier alpha value is -1.56. The van der Waals surface area contributed by atoms with Crippen molar-refractivity contribution in [2.75, 3.05) is 0 Å². The van der Waals surface area contributed by atoms with Gasteiger partial charge in [0.1, 0.15) is 0 Å². The molecule has 2 rings (SSSR count). The maximum absolute atomic E-state index is 2.32. The third-order valence-corrected chi connectivity index (χ3v) is 3.84. The Morgan fingerprint density at radius 3 is 2.50 bits per heavy atom. The molecule has 0 bridgehead atoms. The predicted molar refractivity (Wildman–Crippen MR) is 80.4 cm³/mol. The minimum Gasteiger partial charge on any atom is -0.0832 e. The summed E-state index contributed by atoms with van der Waals surface area (Å²) in [5.41, 5.74) is 4.33. The second kappa shape index (κ2) is 4.97. The molecule has 1 aromatic carbocycles. The van der Waals surface area contributed by atoms with Crippen LogP contribution in [0.1, 0.15) is 31.9 Å². The lowest BCUT2D eigenvalue weighted by Gasteiger charge is -2.34. The number of hydrogen-bond acceptors (Lipinski definition) is 0. The van der Waals surface area contributed by atoms with Crippen molar-refractivity contribution in [2.24, 2.45) is 11.3 Å². The quantitative estimate of drug-likeness (QED) is 0.667. The molecule has 0 amide bonds. The molecule has 0 spiro atoms. The summed E-state index contributed by atoms with van der Waals surface area (Å²) in [7, 11) is 0. The van der Waals surface area contributed by atoms with Gasteiger partial charge in [-0.15, -0.1) is 0 Å². The molecule has 1 atom stereocenters. The predicted octanol–water partition coefficient (Wildman–Crippen LogP) is 5.17. The van der Waals surface area contributed by atoms with Gasteiger partial charge in [0.2, 0.25) is 0 Å². The summed E-state index contributed by atoms with van der Waals surface area (Å²) in [4.78, 5) is 0. The Labute approximate surface area is 111 Å². The molecule has 94 valence electrons. The molecule has 0 saturated carbocycles. The SMILES string of the molecule is CC=C(c1ccccc1C)C1C=CC=CC1(C)C. The van der Waals surface area contributed by atoms with Gasteiger partial charge in [0, 0.05) is 5.92 Å². The van der Waals surface area contributed by atoms with Gasteiger partial charge in [0.15, 0.2) is 0 Å². The zero-order valence-corrected chi connectivity index (χ0v) is 11.8. The monoisotopic (exact) mass is 238 g/mol. The van der Waals surface area contributed by atoms with Crippen LogP contribution in [0.25, 0.3) is 5.57 Å². The molecular weight excluding hydrogens is 216 g/mol. The molecule has 18 heavy (non-hydrogen) atoms. The molecule has 0 heteroatoms. The highest BCUT2D eigenvalue weighted by Gasteiger charge is 2.29. The maximum Gasteiger partial charge on any atom is 0.0110 e. The van der Waals surface area contributed by atoms with Crippen molar-refractivity contribution in [1.29, 1.82) is 0 Å². The number of aryl methyl sites for hydroxylation is 1. The molecule has 0 radical (unpaired) electrons. The molecule has 0 N–H and O–H groups in total. The number of rotatable bonds is 2. The van der Waals surface area contributed by atoms with Crippen LogP contribution in [0.4, 0.5) is 0 Å². The van der Waals surface area contributed by atoms with Crippen LogP contribution in [0.5, 0.6) is 0 Å². The lowest BCUT2D eigenvalue weighted by molar-refractivity contribution is 0.407. The van der Waals surface area contributed by atoms with Crippen molar-refractivity contribution >= 4 is 5.57 Å².